The zero-order chi connectivity index (χ0) is 7.61. The van der Waals surface area contributed by atoms with Crippen LogP contribution in [-0.4, -0.2) is 19.0 Å². The maximum atomic E-state index is 5.69. The van der Waals surface area contributed by atoms with E-state index in [0.717, 1.165) is 5.82 Å². The largest absolute Gasteiger partial charge is 0.375 e. The molecule has 0 amide bonds. The van der Waals surface area contributed by atoms with Gasteiger partial charge in [-0.1, -0.05) is 0 Å². The summed E-state index contributed by atoms with van der Waals surface area (Å²) in [5.41, 5.74) is 5.12. The lowest BCUT2D eigenvalue weighted by Crippen LogP contribution is -2.39. The molecule has 10 heavy (non-hydrogen) atoms. The van der Waals surface area contributed by atoms with Gasteiger partial charge >= 0.3 is 0 Å². The fourth-order valence-electron chi connectivity index (χ4n) is 0.756. The summed E-state index contributed by atoms with van der Waals surface area (Å²) in [5, 5.41) is 5.84. The van der Waals surface area contributed by atoms with E-state index in [9.17, 15) is 0 Å². The first kappa shape index (κ1) is 7.08. The Morgan fingerprint density at radius 1 is 1.80 bits per heavy atom. The molecule has 1 aliphatic rings. The van der Waals surface area contributed by atoms with Gasteiger partial charge in [0.05, 0.1) is 6.34 Å². The first-order valence-electron chi connectivity index (χ1n) is 3.14. The average Bonchev–Trinajstić information content (AvgIpc) is 1.86. The quantitative estimate of drug-likeness (QED) is 0.453. The van der Waals surface area contributed by atoms with E-state index in [1.807, 2.05) is 20.0 Å². The summed E-state index contributed by atoms with van der Waals surface area (Å²) in [4.78, 5) is 3.99. The highest BCUT2D eigenvalue weighted by Crippen LogP contribution is 2.06. The second-order valence-corrected chi connectivity index (χ2v) is 2.44. The Bertz CT molecular complexity index is 180. The predicted octanol–water partition coefficient (Wildman–Crippen LogP) is -0.646. The van der Waals surface area contributed by atoms with Gasteiger partial charge in [0, 0.05) is 7.05 Å². The minimum Gasteiger partial charge on any atom is -0.375 e. The molecule has 0 radical (unpaired) electrons. The molecule has 4 nitrogen and oxygen atoms in total. The highest BCUT2D eigenvalue weighted by atomic mass is 15.2. The second-order valence-electron chi connectivity index (χ2n) is 2.44. The van der Waals surface area contributed by atoms with Crippen LogP contribution in [0.2, 0.25) is 0 Å². The van der Waals surface area contributed by atoms with Gasteiger partial charge in [-0.2, -0.15) is 0 Å². The van der Waals surface area contributed by atoms with Gasteiger partial charge in [-0.15, -0.1) is 0 Å². The van der Waals surface area contributed by atoms with E-state index < -0.39 is 5.66 Å². The molecule has 0 fully saturated rings. The lowest BCUT2D eigenvalue weighted by atomic mass is 10.2. The van der Waals surface area contributed by atoms with Gasteiger partial charge < -0.3 is 16.4 Å². The van der Waals surface area contributed by atoms with Crippen molar-refractivity contribution in [3.8, 4) is 0 Å². The van der Waals surface area contributed by atoms with Gasteiger partial charge in [-0.3, -0.25) is 0 Å². The van der Waals surface area contributed by atoms with Crippen molar-refractivity contribution in [1.82, 2.24) is 10.6 Å². The minimum absolute atomic E-state index is 0.566. The molecule has 0 aromatic carbocycles. The summed E-state index contributed by atoms with van der Waals surface area (Å²) in [6.07, 6.45) is 3.42. The number of nitrogens with zero attached hydrogens (tertiary/aromatic N) is 1. The fraction of sp³-hybridized carbons (Fsp3) is 0.500. The van der Waals surface area contributed by atoms with Gasteiger partial charge in [-0.25, -0.2) is 4.99 Å². The van der Waals surface area contributed by atoms with Crippen LogP contribution in [0.1, 0.15) is 6.92 Å². The van der Waals surface area contributed by atoms with Crippen LogP contribution in [-0.2, 0) is 0 Å². The lowest BCUT2D eigenvalue weighted by molar-refractivity contribution is 0.594. The molecule has 4 N–H and O–H groups in total. The molecule has 0 bridgehead atoms. The Morgan fingerprint density at radius 2 is 2.50 bits per heavy atom. The maximum Gasteiger partial charge on any atom is 0.129 e. The topological polar surface area (TPSA) is 62.4 Å². The summed E-state index contributed by atoms with van der Waals surface area (Å²) < 4.78 is 0. The molecule has 1 rings (SSSR count). The summed E-state index contributed by atoms with van der Waals surface area (Å²) in [6, 6.07) is 0. The Morgan fingerprint density at radius 3 is 2.90 bits per heavy atom. The Balaban J connectivity index is 2.73. The first-order valence-corrected chi connectivity index (χ1v) is 3.14. The summed E-state index contributed by atoms with van der Waals surface area (Å²) in [6.45, 7) is 1.84. The van der Waals surface area contributed by atoms with E-state index >= 15 is 0 Å². The molecule has 0 aliphatic carbocycles. The van der Waals surface area contributed by atoms with Crippen LogP contribution in [0.25, 0.3) is 0 Å². The average molecular weight is 140 g/mol. The third-order valence-corrected chi connectivity index (χ3v) is 1.27. The summed E-state index contributed by atoms with van der Waals surface area (Å²) in [5.74, 6) is 0.889. The van der Waals surface area contributed by atoms with Crippen molar-refractivity contribution < 1.29 is 0 Å². The summed E-state index contributed by atoms with van der Waals surface area (Å²) in [7, 11) is 1.83. The molecule has 1 aliphatic heterocycles. The standard InChI is InChI=1S/C6H12N4/c1-6(7)3-5(8-2)9-4-10-6/h3-4,8H,7H2,1-2H3,(H,9,10). The number of nitrogens with two attached hydrogens (primary N) is 1. The van der Waals surface area contributed by atoms with Crippen molar-refractivity contribution in [1.29, 1.82) is 0 Å². The van der Waals surface area contributed by atoms with Gasteiger partial charge in [0.25, 0.3) is 0 Å². The fourth-order valence-corrected chi connectivity index (χ4v) is 0.756. The first-order chi connectivity index (χ1) is 4.64. The molecule has 4 heteroatoms. The van der Waals surface area contributed by atoms with E-state index in [4.69, 9.17) is 5.73 Å². The van der Waals surface area contributed by atoms with Crippen molar-refractivity contribution in [3.63, 3.8) is 0 Å². The van der Waals surface area contributed by atoms with Crippen LogP contribution in [0, 0.1) is 0 Å². The van der Waals surface area contributed by atoms with E-state index in [1.165, 1.54) is 0 Å². The Hall–Kier alpha value is -1.03. The van der Waals surface area contributed by atoms with Crippen LogP contribution in [0.15, 0.2) is 16.9 Å². The normalized spacial score (nSPS) is 30.9. The summed E-state index contributed by atoms with van der Waals surface area (Å²) >= 11 is 0. The molecular weight excluding hydrogens is 128 g/mol. The van der Waals surface area contributed by atoms with Gasteiger partial charge in [0.1, 0.15) is 11.5 Å². The number of nitrogens with one attached hydrogen (secondary N) is 2. The third-order valence-electron chi connectivity index (χ3n) is 1.27. The van der Waals surface area contributed by atoms with E-state index in [-0.39, 0.29) is 0 Å². The molecule has 0 aromatic rings. The van der Waals surface area contributed by atoms with Crippen molar-refractivity contribution in [2.45, 2.75) is 12.6 Å². The maximum absolute atomic E-state index is 5.69. The van der Waals surface area contributed by atoms with Gasteiger partial charge in [-0.05, 0) is 13.0 Å². The molecule has 0 aromatic heterocycles. The highest BCUT2D eigenvalue weighted by molar-refractivity contribution is 5.60. The van der Waals surface area contributed by atoms with Crippen molar-refractivity contribution in [3.05, 3.63) is 11.9 Å². The molecule has 1 unspecified atom stereocenters. The van der Waals surface area contributed by atoms with E-state index in [2.05, 4.69) is 15.6 Å². The second kappa shape index (κ2) is 2.30. The molecule has 0 saturated heterocycles. The highest BCUT2D eigenvalue weighted by Gasteiger charge is 2.15. The van der Waals surface area contributed by atoms with E-state index in [0.29, 0.717) is 0 Å². The molecule has 0 saturated carbocycles. The number of hydrogen-bond donors (Lipinski definition) is 3. The van der Waals surface area contributed by atoms with Crippen molar-refractivity contribution in [2.75, 3.05) is 7.05 Å². The monoisotopic (exact) mass is 140 g/mol. The molecular formula is C6H12N4. The predicted molar refractivity (Wildman–Crippen MR) is 41.4 cm³/mol. The zero-order valence-electron chi connectivity index (χ0n) is 6.18. The van der Waals surface area contributed by atoms with Crippen LogP contribution < -0.4 is 16.4 Å². The number of rotatable bonds is 1. The van der Waals surface area contributed by atoms with Gasteiger partial charge in [0.2, 0.25) is 0 Å². The van der Waals surface area contributed by atoms with Crippen molar-refractivity contribution >= 4 is 6.34 Å². The molecule has 0 spiro atoms. The van der Waals surface area contributed by atoms with Crippen molar-refractivity contribution in [2.24, 2.45) is 10.7 Å². The van der Waals surface area contributed by atoms with Crippen LogP contribution >= 0.6 is 0 Å². The van der Waals surface area contributed by atoms with Gasteiger partial charge in [0.15, 0.2) is 0 Å². The number of aliphatic imine (C=N–C) groups is 1. The van der Waals surface area contributed by atoms with Crippen LogP contribution in [0.5, 0.6) is 0 Å². The van der Waals surface area contributed by atoms with Crippen LogP contribution in [0.3, 0.4) is 0 Å². The smallest absolute Gasteiger partial charge is 0.129 e. The van der Waals surface area contributed by atoms with Crippen LogP contribution in [0.4, 0.5) is 0 Å². The zero-order valence-corrected chi connectivity index (χ0v) is 6.18. The lowest BCUT2D eigenvalue weighted by Gasteiger charge is -2.21. The molecule has 1 atom stereocenters. The molecule has 1 heterocycles. The minimum atomic E-state index is -0.566. The Kier molecular flexibility index (Phi) is 1.63. The Labute approximate surface area is 60.2 Å². The SMILES string of the molecule is CNC1=CC(C)(N)N=CN1. The van der Waals surface area contributed by atoms with E-state index in [1.54, 1.807) is 6.34 Å². The third kappa shape index (κ3) is 1.48. The molecule has 56 valence electrons. The number of hydrogen-bond acceptors (Lipinski definition) is 4.